The lowest BCUT2D eigenvalue weighted by Crippen LogP contribution is -2.43. The van der Waals surface area contributed by atoms with Crippen LogP contribution in [-0.2, 0) is 6.54 Å². The van der Waals surface area contributed by atoms with E-state index in [-0.39, 0.29) is 5.91 Å². The number of hydrogen-bond acceptors (Lipinski definition) is 4. The Balaban J connectivity index is 0.00000106. The Bertz CT molecular complexity index is 1080. The lowest BCUT2D eigenvalue weighted by molar-refractivity contribution is 0.102. The normalized spacial score (nSPS) is 12.6. The minimum Gasteiger partial charge on any atom is -0.322 e. The monoisotopic (exact) mass is 500 g/mol. The predicted molar refractivity (Wildman–Crippen MR) is 158 cm³/mol. The summed E-state index contributed by atoms with van der Waals surface area (Å²) >= 11 is 0. The zero-order valence-corrected chi connectivity index (χ0v) is 23.7. The molecule has 198 valence electrons. The quantitative estimate of drug-likeness (QED) is 0.412. The number of pyridine rings is 1. The molecule has 2 aromatic carbocycles. The number of anilines is 1. The standard InChI is InChI=1S/C26H26N4O.3C2H6/c1-29-14-16-30(17-15-29)20-23-9-11-25(12-10-23)28-26(31)24-6-2-4-21(18-24)7-8-22-5-3-13-27-19-22;3*1-2/h2-6,9-13,18-19H,14-17,20H2,1H3,(H,28,31);3*1-2H3. The van der Waals surface area contributed by atoms with Crippen LogP contribution in [0.5, 0.6) is 0 Å². The van der Waals surface area contributed by atoms with Crippen LogP contribution in [0.4, 0.5) is 5.69 Å². The third-order valence-corrected chi connectivity index (χ3v) is 5.35. The number of carbonyl (C=O) groups excluding carboxylic acids is 1. The molecule has 1 aliphatic heterocycles. The molecule has 37 heavy (non-hydrogen) atoms. The largest absolute Gasteiger partial charge is 0.322 e. The van der Waals surface area contributed by atoms with Crippen molar-refractivity contribution in [2.75, 3.05) is 38.5 Å². The summed E-state index contributed by atoms with van der Waals surface area (Å²) in [6, 6.07) is 19.2. The van der Waals surface area contributed by atoms with Gasteiger partial charge in [0.15, 0.2) is 0 Å². The van der Waals surface area contributed by atoms with Gasteiger partial charge in [0.25, 0.3) is 5.91 Å². The fourth-order valence-corrected chi connectivity index (χ4v) is 3.48. The van der Waals surface area contributed by atoms with E-state index in [1.165, 1.54) is 5.56 Å². The Kier molecular flexibility index (Phi) is 16.0. The summed E-state index contributed by atoms with van der Waals surface area (Å²) in [5, 5.41) is 2.98. The predicted octanol–water partition coefficient (Wildman–Crippen LogP) is 6.56. The molecule has 0 bridgehead atoms. The van der Waals surface area contributed by atoms with Crippen molar-refractivity contribution >= 4 is 11.6 Å². The topological polar surface area (TPSA) is 48.5 Å². The van der Waals surface area contributed by atoms with Crippen molar-refractivity contribution in [2.24, 2.45) is 0 Å². The van der Waals surface area contributed by atoms with Gasteiger partial charge in [-0.05, 0) is 55.1 Å². The molecule has 0 saturated carbocycles. The smallest absolute Gasteiger partial charge is 0.255 e. The third-order valence-electron chi connectivity index (χ3n) is 5.35. The van der Waals surface area contributed by atoms with Crippen LogP contribution in [0.25, 0.3) is 0 Å². The van der Waals surface area contributed by atoms with Gasteiger partial charge in [-0.3, -0.25) is 14.7 Å². The van der Waals surface area contributed by atoms with E-state index in [1.54, 1.807) is 24.5 Å². The van der Waals surface area contributed by atoms with Crippen molar-refractivity contribution in [1.29, 1.82) is 0 Å². The Morgan fingerprint density at radius 3 is 2.08 bits per heavy atom. The maximum Gasteiger partial charge on any atom is 0.255 e. The molecule has 1 aromatic heterocycles. The van der Waals surface area contributed by atoms with Gasteiger partial charge in [-0.1, -0.05) is 71.6 Å². The summed E-state index contributed by atoms with van der Waals surface area (Å²) in [6.45, 7) is 17.4. The number of amides is 1. The molecular formula is C32H44N4O. The second-order valence-corrected chi connectivity index (χ2v) is 7.80. The van der Waals surface area contributed by atoms with E-state index in [4.69, 9.17) is 0 Å². The average Bonchev–Trinajstić information content (AvgIpc) is 2.98. The number of benzene rings is 2. The number of likely N-dealkylation sites (N-methyl/N-ethyl adjacent to an activating group) is 1. The SMILES string of the molecule is CC.CC.CC.CN1CCN(Cc2ccc(NC(=O)c3cccc(C#Cc4cccnc4)c3)cc2)CC1. The molecule has 2 heterocycles. The minimum atomic E-state index is -0.142. The number of nitrogens with zero attached hydrogens (tertiary/aromatic N) is 3. The van der Waals surface area contributed by atoms with Gasteiger partial charge >= 0.3 is 0 Å². The second-order valence-electron chi connectivity index (χ2n) is 7.80. The van der Waals surface area contributed by atoms with Gasteiger partial charge in [0.1, 0.15) is 0 Å². The van der Waals surface area contributed by atoms with Gasteiger partial charge in [0, 0.05) is 67.5 Å². The number of nitrogens with one attached hydrogen (secondary N) is 1. The number of hydrogen-bond donors (Lipinski definition) is 1. The van der Waals surface area contributed by atoms with Gasteiger partial charge in [0.05, 0.1) is 0 Å². The lowest BCUT2D eigenvalue weighted by Gasteiger charge is -2.32. The molecule has 0 radical (unpaired) electrons. The minimum absolute atomic E-state index is 0.142. The summed E-state index contributed by atoms with van der Waals surface area (Å²) < 4.78 is 0. The molecule has 5 heteroatoms. The molecule has 1 N–H and O–H groups in total. The van der Waals surface area contributed by atoms with Gasteiger partial charge in [0.2, 0.25) is 0 Å². The molecule has 1 amide bonds. The molecule has 1 fully saturated rings. The molecule has 1 aliphatic rings. The van der Waals surface area contributed by atoms with Gasteiger partial charge in [-0.2, -0.15) is 0 Å². The Morgan fingerprint density at radius 1 is 0.838 bits per heavy atom. The molecular weight excluding hydrogens is 456 g/mol. The van der Waals surface area contributed by atoms with Crippen LogP contribution >= 0.6 is 0 Å². The highest BCUT2D eigenvalue weighted by Gasteiger charge is 2.14. The summed E-state index contributed by atoms with van der Waals surface area (Å²) in [6.07, 6.45) is 3.44. The van der Waals surface area contributed by atoms with Gasteiger partial charge < -0.3 is 10.2 Å². The van der Waals surface area contributed by atoms with Crippen LogP contribution in [0.3, 0.4) is 0 Å². The van der Waals surface area contributed by atoms with Crippen molar-refractivity contribution < 1.29 is 4.79 Å². The molecule has 0 spiro atoms. The maximum absolute atomic E-state index is 12.7. The van der Waals surface area contributed by atoms with E-state index in [9.17, 15) is 4.79 Å². The second kappa shape index (κ2) is 18.8. The third kappa shape index (κ3) is 11.4. The summed E-state index contributed by atoms with van der Waals surface area (Å²) in [4.78, 5) is 21.6. The molecule has 4 rings (SSSR count). The van der Waals surface area contributed by atoms with E-state index in [1.807, 2.05) is 77.9 Å². The zero-order chi connectivity index (χ0) is 27.5. The van der Waals surface area contributed by atoms with Crippen molar-refractivity contribution in [2.45, 2.75) is 48.1 Å². The summed E-state index contributed by atoms with van der Waals surface area (Å²) in [7, 11) is 2.16. The zero-order valence-electron chi connectivity index (χ0n) is 23.7. The van der Waals surface area contributed by atoms with E-state index in [0.717, 1.165) is 49.5 Å². The van der Waals surface area contributed by atoms with Crippen LogP contribution in [0.1, 0.15) is 68.6 Å². The maximum atomic E-state index is 12.7. The van der Waals surface area contributed by atoms with Crippen molar-refractivity contribution in [3.63, 3.8) is 0 Å². The fourth-order valence-electron chi connectivity index (χ4n) is 3.48. The van der Waals surface area contributed by atoms with E-state index in [0.29, 0.717) is 5.56 Å². The molecule has 5 nitrogen and oxygen atoms in total. The molecule has 0 unspecified atom stereocenters. The van der Waals surface area contributed by atoms with Crippen LogP contribution in [-0.4, -0.2) is 53.9 Å². The highest BCUT2D eigenvalue weighted by atomic mass is 16.1. The molecule has 0 atom stereocenters. The average molecular weight is 501 g/mol. The summed E-state index contributed by atoms with van der Waals surface area (Å²) in [5.41, 5.74) is 4.27. The van der Waals surface area contributed by atoms with E-state index >= 15 is 0 Å². The fraction of sp³-hybridized carbons (Fsp3) is 0.375. The number of aromatic nitrogens is 1. The molecule has 1 saturated heterocycles. The number of carbonyl (C=O) groups is 1. The lowest BCUT2D eigenvalue weighted by atomic mass is 10.1. The van der Waals surface area contributed by atoms with Crippen molar-refractivity contribution in [3.05, 3.63) is 95.3 Å². The number of piperazine rings is 1. The van der Waals surface area contributed by atoms with Crippen LogP contribution in [0.15, 0.2) is 73.1 Å². The van der Waals surface area contributed by atoms with Crippen LogP contribution in [0, 0.1) is 11.8 Å². The van der Waals surface area contributed by atoms with Crippen LogP contribution in [0.2, 0.25) is 0 Å². The number of rotatable bonds is 4. The van der Waals surface area contributed by atoms with E-state index < -0.39 is 0 Å². The van der Waals surface area contributed by atoms with Crippen molar-refractivity contribution in [1.82, 2.24) is 14.8 Å². The van der Waals surface area contributed by atoms with Gasteiger partial charge in [-0.25, -0.2) is 0 Å². The Morgan fingerprint density at radius 2 is 1.46 bits per heavy atom. The summed E-state index contributed by atoms with van der Waals surface area (Å²) in [5.74, 6) is 6.02. The highest BCUT2D eigenvalue weighted by Crippen LogP contribution is 2.14. The molecule has 0 aliphatic carbocycles. The van der Waals surface area contributed by atoms with Gasteiger partial charge in [-0.15, -0.1) is 0 Å². The Hall–Kier alpha value is -3.46. The highest BCUT2D eigenvalue weighted by molar-refractivity contribution is 6.04. The first-order valence-electron chi connectivity index (χ1n) is 13.5. The van der Waals surface area contributed by atoms with Crippen LogP contribution < -0.4 is 5.32 Å². The van der Waals surface area contributed by atoms with E-state index in [2.05, 4.69) is 51.1 Å². The molecule has 3 aromatic rings. The first kappa shape index (κ1) is 31.6. The Labute approximate surface area is 224 Å². The first-order valence-corrected chi connectivity index (χ1v) is 13.5. The first-order chi connectivity index (χ1) is 18.2. The van der Waals surface area contributed by atoms with Crippen molar-refractivity contribution in [3.8, 4) is 11.8 Å².